The number of nitrogens with zero attached hydrogens (tertiary/aromatic N) is 1. The Morgan fingerprint density at radius 2 is 2.07 bits per heavy atom. The normalized spacial score (nSPS) is 12.3. The van der Waals surface area contributed by atoms with Crippen molar-refractivity contribution in [2.24, 2.45) is 5.73 Å². The largest absolute Gasteiger partial charge is 0.356 e. The molecule has 2 aromatic rings. The first-order valence-electron chi connectivity index (χ1n) is 4.64. The molecular formula is C11H14N2O. The van der Waals surface area contributed by atoms with Gasteiger partial charge in [0.15, 0.2) is 5.58 Å². The van der Waals surface area contributed by atoms with Gasteiger partial charge in [0.05, 0.1) is 5.69 Å². The van der Waals surface area contributed by atoms with E-state index in [1.165, 1.54) is 0 Å². The Hall–Kier alpha value is -1.35. The van der Waals surface area contributed by atoms with Crippen molar-refractivity contribution in [2.75, 3.05) is 0 Å². The third-order valence-electron chi connectivity index (χ3n) is 2.37. The summed E-state index contributed by atoms with van der Waals surface area (Å²) in [6, 6.07) is 5.96. The zero-order chi connectivity index (χ0) is 10.3. The van der Waals surface area contributed by atoms with Gasteiger partial charge >= 0.3 is 0 Å². The predicted octanol–water partition coefficient (Wildman–Crippen LogP) is 2.33. The molecule has 14 heavy (non-hydrogen) atoms. The minimum Gasteiger partial charge on any atom is -0.356 e. The molecule has 0 atom stereocenters. The van der Waals surface area contributed by atoms with E-state index in [0.717, 1.165) is 22.2 Å². The average Bonchev–Trinajstić information content (AvgIpc) is 2.46. The van der Waals surface area contributed by atoms with E-state index in [9.17, 15) is 0 Å². The summed E-state index contributed by atoms with van der Waals surface area (Å²) >= 11 is 0. The highest BCUT2D eigenvalue weighted by molar-refractivity contribution is 5.82. The minimum atomic E-state index is -0.397. The first-order chi connectivity index (χ1) is 6.50. The molecular weight excluding hydrogens is 176 g/mol. The zero-order valence-corrected chi connectivity index (χ0v) is 8.66. The van der Waals surface area contributed by atoms with Crippen molar-refractivity contribution in [3.63, 3.8) is 0 Å². The van der Waals surface area contributed by atoms with Crippen LogP contribution in [0.25, 0.3) is 11.0 Å². The lowest BCUT2D eigenvalue weighted by atomic mass is 9.94. The van der Waals surface area contributed by atoms with Gasteiger partial charge < -0.3 is 10.3 Å². The molecule has 0 unspecified atom stereocenters. The molecule has 3 heteroatoms. The van der Waals surface area contributed by atoms with Gasteiger partial charge in [-0.15, -0.1) is 0 Å². The fraction of sp³-hybridized carbons (Fsp3) is 0.364. The van der Waals surface area contributed by atoms with Crippen LogP contribution >= 0.6 is 0 Å². The highest BCUT2D eigenvalue weighted by Crippen LogP contribution is 2.27. The number of benzene rings is 1. The van der Waals surface area contributed by atoms with Crippen molar-refractivity contribution < 1.29 is 4.52 Å². The molecule has 2 rings (SSSR count). The van der Waals surface area contributed by atoms with Crippen LogP contribution in [0.2, 0.25) is 0 Å². The summed E-state index contributed by atoms with van der Waals surface area (Å²) in [6.07, 6.45) is 0. The summed E-state index contributed by atoms with van der Waals surface area (Å²) in [7, 11) is 0. The van der Waals surface area contributed by atoms with Gasteiger partial charge in [-0.2, -0.15) is 0 Å². The Morgan fingerprint density at radius 1 is 1.36 bits per heavy atom. The topological polar surface area (TPSA) is 52.0 Å². The number of hydrogen-bond acceptors (Lipinski definition) is 3. The van der Waals surface area contributed by atoms with E-state index < -0.39 is 5.54 Å². The molecule has 0 aliphatic carbocycles. The van der Waals surface area contributed by atoms with Gasteiger partial charge in [0.2, 0.25) is 0 Å². The van der Waals surface area contributed by atoms with Crippen LogP contribution in [0.15, 0.2) is 22.7 Å². The molecule has 0 amide bonds. The second-order valence-corrected chi connectivity index (χ2v) is 4.17. The molecule has 0 saturated carbocycles. The summed E-state index contributed by atoms with van der Waals surface area (Å²) in [5.74, 6) is 0. The molecule has 0 fully saturated rings. The standard InChI is InChI=1S/C11H14N2O/c1-7-8-5-4-6-9(11(2,3)12)10(8)14-13-7/h4-6H,12H2,1-3H3. The van der Waals surface area contributed by atoms with Crippen LogP contribution in [0.3, 0.4) is 0 Å². The summed E-state index contributed by atoms with van der Waals surface area (Å²) in [6.45, 7) is 5.85. The number of fused-ring (bicyclic) bond motifs is 1. The molecule has 2 N–H and O–H groups in total. The molecule has 0 spiro atoms. The fourth-order valence-electron chi connectivity index (χ4n) is 1.59. The Bertz CT molecular complexity index is 466. The van der Waals surface area contributed by atoms with E-state index >= 15 is 0 Å². The average molecular weight is 190 g/mol. The van der Waals surface area contributed by atoms with Gasteiger partial charge in [-0.05, 0) is 26.8 Å². The van der Waals surface area contributed by atoms with Crippen molar-refractivity contribution in [1.29, 1.82) is 0 Å². The SMILES string of the molecule is Cc1noc2c(C(C)(C)N)cccc12. The van der Waals surface area contributed by atoms with Crippen molar-refractivity contribution in [3.05, 3.63) is 29.5 Å². The second-order valence-electron chi connectivity index (χ2n) is 4.17. The number of para-hydroxylation sites is 1. The molecule has 1 aromatic heterocycles. The lowest BCUT2D eigenvalue weighted by molar-refractivity contribution is 0.438. The maximum atomic E-state index is 6.04. The van der Waals surface area contributed by atoms with Gasteiger partial charge in [0, 0.05) is 16.5 Å². The number of aromatic nitrogens is 1. The van der Waals surface area contributed by atoms with Crippen LogP contribution in [-0.4, -0.2) is 5.16 Å². The predicted molar refractivity (Wildman–Crippen MR) is 56.0 cm³/mol. The molecule has 0 aliphatic rings. The molecule has 1 aromatic carbocycles. The summed E-state index contributed by atoms with van der Waals surface area (Å²) in [4.78, 5) is 0. The molecule has 0 saturated heterocycles. The van der Waals surface area contributed by atoms with E-state index in [1.54, 1.807) is 0 Å². The molecule has 74 valence electrons. The Kier molecular flexibility index (Phi) is 1.86. The van der Waals surface area contributed by atoms with E-state index in [0.29, 0.717) is 0 Å². The van der Waals surface area contributed by atoms with Crippen LogP contribution in [0.1, 0.15) is 25.1 Å². The number of nitrogens with two attached hydrogens (primary N) is 1. The van der Waals surface area contributed by atoms with Gasteiger partial charge in [-0.1, -0.05) is 17.3 Å². The van der Waals surface area contributed by atoms with Crippen LogP contribution in [0, 0.1) is 6.92 Å². The lowest BCUT2D eigenvalue weighted by Crippen LogP contribution is -2.28. The maximum absolute atomic E-state index is 6.04. The minimum absolute atomic E-state index is 0.397. The van der Waals surface area contributed by atoms with Gasteiger partial charge in [-0.3, -0.25) is 0 Å². The second kappa shape index (κ2) is 2.82. The Morgan fingerprint density at radius 3 is 2.71 bits per heavy atom. The highest BCUT2D eigenvalue weighted by atomic mass is 16.5. The fourth-order valence-corrected chi connectivity index (χ4v) is 1.59. The van der Waals surface area contributed by atoms with Crippen LogP contribution in [0.5, 0.6) is 0 Å². The lowest BCUT2D eigenvalue weighted by Gasteiger charge is -2.18. The van der Waals surface area contributed by atoms with Crippen molar-refractivity contribution >= 4 is 11.0 Å². The zero-order valence-electron chi connectivity index (χ0n) is 8.66. The number of aryl methyl sites for hydroxylation is 1. The maximum Gasteiger partial charge on any atom is 0.172 e. The first kappa shape index (κ1) is 9.21. The van der Waals surface area contributed by atoms with Crippen molar-refractivity contribution in [1.82, 2.24) is 5.16 Å². The quantitative estimate of drug-likeness (QED) is 0.750. The van der Waals surface area contributed by atoms with E-state index in [4.69, 9.17) is 10.3 Å². The summed E-state index contributed by atoms with van der Waals surface area (Å²) in [5, 5.41) is 4.98. The van der Waals surface area contributed by atoms with E-state index in [1.807, 2.05) is 39.0 Å². The molecule has 1 heterocycles. The van der Waals surface area contributed by atoms with Crippen LogP contribution < -0.4 is 5.73 Å². The van der Waals surface area contributed by atoms with Crippen LogP contribution in [-0.2, 0) is 5.54 Å². The van der Waals surface area contributed by atoms with Gasteiger partial charge in [0.1, 0.15) is 0 Å². The van der Waals surface area contributed by atoms with Crippen molar-refractivity contribution in [3.8, 4) is 0 Å². The number of hydrogen-bond donors (Lipinski definition) is 1. The van der Waals surface area contributed by atoms with Crippen molar-refractivity contribution in [2.45, 2.75) is 26.3 Å². The first-order valence-corrected chi connectivity index (χ1v) is 4.64. The highest BCUT2D eigenvalue weighted by Gasteiger charge is 2.20. The molecule has 0 radical (unpaired) electrons. The third-order valence-corrected chi connectivity index (χ3v) is 2.37. The smallest absolute Gasteiger partial charge is 0.172 e. The van der Waals surface area contributed by atoms with E-state index in [-0.39, 0.29) is 0 Å². The van der Waals surface area contributed by atoms with E-state index in [2.05, 4.69) is 5.16 Å². The molecule has 0 bridgehead atoms. The number of rotatable bonds is 1. The Balaban J connectivity index is 2.79. The molecule has 3 nitrogen and oxygen atoms in total. The third kappa shape index (κ3) is 1.30. The van der Waals surface area contributed by atoms with Gasteiger partial charge in [0.25, 0.3) is 0 Å². The Labute approximate surface area is 82.9 Å². The molecule has 0 aliphatic heterocycles. The summed E-state index contributed by atoms with van der Waals surface area (Å²) < 4.78 is 5.28. The summed E-state index contributed by atoms with van der Waals surface area (Å²) in [5.41, 5.74) is 8.35. The van der Waals surface area contributed by atoms with Gasteiger partial charge in [-0.25, -0.2) is 0 Å². The monoisotopic (exact) mass is 190 g/mol. The van der Waals surface area contributed by atoms with Crippen LogP contribution in [0.4, 0.5) is 0 Å².